The van der Waals surface area contributed by atoms with E-state index in [2.05, 4.69) is 4.98 Å². The van der Waals surface area contributed by atoms with Crippen LogP contribution in [0.4, 0.5) is 8.78 Å². The molecule has 4 rings (SSSR count). The zero-order valence-electron chi connectivity index (χ0n) is 14.8. The van der Waals surface area contributed by atoms with E-state index in [1.54, 1.807) is 29.2 Å². The number of benzene rings is 2. The number of nitrogens with zero attached hydrogens (tertiary/aromatic N) is 2. The van der Waals surface area contributed by atoms with Gasteiger partial charge in [0.1, 0.15) is 28.2 Å². The van der Waals surface area contributed by atoms with Crippen LogP contribution in [-0.2, 0) is 6.42 Å². The molecule has 0 aliphatic carbocycles. The average Bonchev–Trinajstić information content (AvgIpc) is 3.26. The molecule has 2 aromatic carbocycles. The minimum atomic E-state index is -0.311. The van der Waals surface area contributed by atoms with Gasteiger partial charge in [-0.25, -0.2) is 13.8 Å². The van der Waals surface area contributed by atoms with Gasteiger partial charge in [0, 0.05) is 17.5 Å². The number of rotatable bonds is 5. The lowest BCUT2D eigenvalue weighted by molar-refractivity contribution is 0.351. The summed E-state index contributed by atoms with van der Waals surface area (Å²) in [7, 11) is 0. The molecule has 1 aromatic heterocycles. The first-order valence-corrected chi connectivity index (χ1v) is 9.61. The van der Waals surface area contributed by atoms with Crippen molar-refractivity contribution < 1.29 is 13.9 Å². The monoisotopic (exact) mass is 397 g/mol. The zero-order valence-corrected chi connectivity index (χ0v) is 15.6. The summed E-state index contributed by atoms with van der Waals surface area (Å²) in [5.41, 5.74) is 2.85. The molecule has 0 saturated carbocycles. The standard InChI is InChI=1S/C21H17F2N3OS/c22-15-5-1-13(2-6-15)9-10-26-11-18(27)19(20(26)24)21-25-17(12-28-21)14-3-7-16(23)8-4-14/h1-8,12,24,27H,9-11H2. The molecule has 1 aliphatic rings. The van der Waals surface area contributed by atoms with Crippen molar-refractivity contribution >= 4 is 22.7 Å². The quantitative estimate of drug-likeness (QED) is 0.644. The van der Waals surface area contributed by atoms with Crippen LogP contribution in [0.15, 0.2) is 59.7 Å². The van der Waals surface area contributed by atoms with E-state index >= 15 is 0 Å². The average molecular weight is 397 g/mol. The smallest absolute Gasteiger partial charge is 0.135 e. The zero-order chi connectivity index (χ0) is 19.7. The van der Waals surface area contributed by atoms with E-state index in [-0.39, 0.29) is 29.8 Å². The van der Waals surface area contributed by atoms with Crippen LogP contribution in [0, 0.1) is 17.0 Å². The third kappa shape index (κ3) is 3.66. The number of thiazole rings is 1. The maximum Gasteiger partial charge on any atom is 0.135 e. The number of aliphatic hydroxyl groups excluding tert-OH is 1. The highest BCUT2D eigenvalue weighted by molar-refractivity contribution is 7.11. The molecule has 0 saturated heterocycles. The number of nitrogens with one attached hydrogen (secondary N) is 1. The Morgan fingerprint density at radius 2 is 1.68 bits per heavy atom. The molecule has 0 unspecified atom stereocenters. The third-order valence-corrected chi connectivity index (χ3v) is 5.48. The Bertz CT molecular complexity index is 1040. The highest BCUT2D eigenvalue weighted by Gasteiger charge is 2.30. The van der Waals surface area contributed by atoms with Crippen LogP contribution in [0.3, 0.4) is 0 Å². The predicted octanol–water partition coefficient (Wildman–Crippen LogP) is 4.89. The van der Waals surface area contributed by atoms with Gasteiger partial charge < -0.3 is 10.0 Å². The number of amidine groups is 1. The Kier molecular flexibility index (Phi) is 4.92. The molecular weight excluding hydrogens is 380 g/mol. The van der Waals surface area contributed by atoms with Crippen LogP contribution in [-0.4, -0.2) is 33.9 Å². The fraction of sp³-hybridized carbons (Fsp3) is 0.143. The number of aliphatic hydroxyl groups is 1. The van der Waals surface area contributed by atoms with E-state index in [9.17, 15) is 13.9 Å². The number of hydrogen-bond acceptors (Lipinski definition) is 4. The SMILES string of the molecule is N=C1C(c2nc(-c3ccc(F)cc3)cs2)=C(O)CN1CCc1ccc(F)cc1. The fourth-order valence-electron chi connectivity index (χ4n) is 3.11. The lowest BCUT2D eigenvalue weighted by Gasteiger charge is -2.18. The summed E-state index contributed by atoms with van der Waals surface area (Å²) in [4.78, 5) is 6.30. The van der Waals surface area contributed by atoms with Crippen LogP contribution >= 0.6 is 11.3 Å². The van der Waals surface area contributed by atoms with Crippen molar-refractivity contribution in [3.05, 3.63) is 81.9 Å². The lowest BCUT2D eigenvalue weighted by Crippen LogP contribution is -2.28. The Balaban J connectivity index is 1.48. The molecule has 0 spiro atoms. The Labute approximate surface area is 164 Å². The van der Waals surface area contributed by atoms with Crippen molar-refractivity contribution in [2.24, 2.45) is 0 Å². The van der Waals surface area contributed by atoms with Crippen molar-refractivity contribution in [3.63, 3.8) is 0 Å². The van der Waals surface area contributed by atoms with Gasteiger partial charge in [-0.15, -0.1) is 11.3 Å². The summed E-state index contributed by atoms with van der Waals surface area (Å²) in [6.45, 7) is 0.787. The molecule has 2 heterocycles. The molecule has 0 amide bonds. The Morgan fingerprint density at radius 3 is 2.36 bits per heavy atom. The van der Waals surface area contributed by atoms with Crippen molar-refractivity contribution in [1.82, 2.24) is 9.88 Å². The number of halogens is 2. The van der Waals surface area contributed by atoms with Gasteiger partial charge in [0.25, 0.3) is 0 Å². The topological polar surface area (TPSA) is 60.2 Å². The van der Waals surface area contributed by atoms with Gasteiger partial charge in [-0.05, 0) is 48.4 Å². The van der Waals surface area contributed by atoms with E-state index in [0.717, 1.165) is 11.1 Å². The van der Waals surface area contributed by atoms with Crippen molar-refractivity contribution in [2.45, 2.75) is 6.42 Å². The van der Waals surface area contributed by atoms with E-state index in [0.29, 0.717) is 29.2 Å². The first-order valence-electron chi connectivity index (χ1n) is 8.73. The van der Waals surface area contributed by atoms with Gasteiger partial charge in [0.15, 0.2) is 0 Å². The Morgan fingerprint density at radius 1 is 1.04 bits per heavy atom. The molecule has 1 aliphatic heterocycles. The van der Waals surface area contributed by atoms with Crippen LogP contribution in [0.25, 0.3) is 16.8 Å². The highest BCUT2D eigenvalue weighted by atomic mass is 32.1. The maximum atomic E-state index is 13.1. The second-order valence-corrected chi connectivity index (χ2v) is 7.37. The highest BCUT2D eigenvalue weighted by Crippen LogP contribution is 2.32. The van der Waals surface area contributed by atoms with E-state index < -0.39 is 0 Å². The lowest BCUT2D eigenvalue weighted by atomic mass is 10.1. The molecule has 28 heavy (non-hydrogen) atoms. The minimum absolute atomic E-state index is 0.115. The van der Waals surface area contributed by atoms with Crippen LogP contribution in [0.2, 0.25) is 0 Å². The van der Waals surface area contributed by atoms with Gasteiger partial charge in [0.2, 0.25) is 0 Å². The normalized spacial score (nSPS) is 14.2. The Hall–Kier alpha value is -3.06. The van der Waals surface area contributed by atoms with Crippen LogP contribution in [0.1, 0.15) is 10.6 Å². The molecule has 3 aromatic rings. The first kappa shape index (κ1) is 18.3. The largest absolute Gasteiger partial charge is 0.510 e. The molecular formula is C21H17F2N3OS. The molecule has 4 nitrogen and oxygen atoms in total. The van der Waals surface area contributed by atoms with Crippen molar-refractivity contribution in [3.8, 4) is 11.3 Å². The van der Waals surface area contributed by atoms with E-state index in [1.807, 2.05) is 5.38 Å². The fourth-order valence-corrected chi connectivity index (χ4v) is 4.00. The van der Waals surface area contributed by atoms with Crippen LogP contribution in [0.5, 0.6) is 0 Å². The maximum absolute atomic E-state index is 13.1. The molecule has 2 N–H and O–H groups in total. The predicted molar refractivity (Wildman–Crippen MR) is 106 cm³/mol. The third-order valence-electron chi connectivity index (χ3n) is 4.62. The van der Waals surface area contributed by atoms with Gasteiger partial charge in [-0.1, -0.05) is 12.1 Å². The van der Waals surface area contributed by atoms with Crippen molar-refractivity contribution in [1.29, 1.82) is 5.41 Å². The van der Waals surface area contributed by atoms with Gasteiger partial charge in [0.05, 0.1) is 17.8 Å². The first-order chi connectivity index (χ1) is 13.5. The second-order valence-electron chi connectivity index (χ2n) is 6.51. The molecule has 7 heteroatoms. The molecule has 0 radical (unpaired) electrons. The number of aromatic nitrogens is 1. The summed E-state index contributed by atoms with van der Waals surface area (Å²) >= 11 is 1.34. The van der Waals surface area contributed by atoms with Gasteiger partial charge >= 0.3 is 0 Å². The van der Waals surface area contributed by atoms with E-state index in [4.69, 9.17) is 5.41 Å². The number of hydrogen-bond donors (Lipinski definition) is 2. The minimum Gasteiger partial charge on any atom is -0.510 e. The summed E-state index contributed by atoms with van der Waals surface area (Å²) in [6.07, 6.45) is 0.641. The van der Waals surface area contributed by atoms with E-state index in [1.165, 1.54) is 35.6 Å². The van der Waals surface area contributed by atoms with Gasteiger partial charge in [-0.3, -0.25) is 5.41 Å². The van der Waals surface area contributed by atoms with Crippen molar-refractivity contribution in [2.75, 3.05) is 13.1 Å². The van der Waals surface area contributed by atoms with Crippen LogP contribution < -0.4 is 0 Å². The molecule has 0 atom stereocenters. The second kappa shape index (κ2) is 7.52. The molecule has 142 valence electrons. The summed E-state index contributed by atoms with van der Waals surface area (Å²) < 4.78 is 26.1. The summed E-state index contributed by atoms with van der Waals surface area (Å²) in [5, 5.41) is 21.2. The molecule has 0 bridgehead atoms. The summed E-state index contributed by atoms with van der Waals surface area (Å²) in [5.74, 6) is -0.252. The van der Waals surface area contributed by atoms with Gasteiger partial charge in [-0.2, -0.15) is 0 Å². The summed E-state index contributed by atoms with van der Waals surface area (Å²) in [6, 6.07) is 12.3. The molecule has 0 fully saturated rings.